The number of hydrogen-bond donors (Lipinski definition) is 3. The van der Waals surface area contributed by atoms with Gasteiger partial charge in [0.1, 0.15) is 23.7 Å². The van der Waals surface area contributed by atoms with Crippen LogP contribution in [0.2, 0.25) is 5.02 Å². The summed E-state index contributed by atoms with van der Waals surface area (Å²) in [5, 5.41) is 5.78. The molecule has 2 heterocycles. The van der Waals surface area contributed by atoms with Gasteiger partial charge in [-0.05, 0) is 51.0 Å². The summed E-state index contributed by atoms with van der Waals surface area (Å²) in [6.45, 7) is 9.14. The number of ether oxygens (including phenoxy) is 2. The molecule has 38 heavy (non-hydrogen) atoms. The Kier molecular flexibility index (Phi) is 9.48. The number of nitrogen functional groups attached to an aromatic ring is 1. The number of hydrogen-bond acceptors (Lipinski definition) is 9. The number of benzene rings is 1. The summed E-state index contributed by atoms with van der Waals surface area (Å²) in [7, 11) is -3.85. The summed E-state index contributed by atoms with van der Waals surface area (Å²) < 4.78 is 27.0. The van der Waals surface area contributed by atoms with Crippen LogP contribution in [0.4, 0.5) is 5.82 Å². The molecule has 0 aliphatic rings. The molecule has 14 heteroatoms. The highest BCUT2D eigenvalue weighted by atomic mass is 35.5. The first kappa shape index (κ1) is 29.5. The Hall–Kier alpha value is -3.05. The minimum Gasteiger partial charge on any atom is -0.464 e. The fourth-order valence-corrected chi connectivity index (χ4v) is 5.66. The summed E-state index contributed by atoms with van der Waals surface area (Å²) in [6, 6.07) is 6.11. The maximum Gasteiger partial charge on any atom is 0.326 e. The van der Waals surface area contributed by atoms with Gasteiger partial charge in [-0.3, -0.25) is 19.2 Å². The van der Waals surface area contributed by atoms with Crippen LogP contribution in [0, 0.1) is 5.92 Å². The van der Waals surface area contributed by atoms with Gasteiger partial charge < -0.3 is 19.8 Å². The topological polar surface area (TPSA) is 163 Å². The first-order chi connectivity index (χ1) is 17.8. The number of aromatic nitrogens is 4. The quantitative estimate of drug-likeness (QED) is 0.218. The van der Waals surface area contributed by atoms with Crippen molar-refractivity contribution >= 4 is 47.9 Å². The maximum absolute atomic E-state index is 14.0. The van der Waals surface area contributed by atoms with E-state index in [1.165, 1.54) is 32.3 Å². The Morgan fingerprint density at radius 2 is 1.84 bits per heavy atom. The van der Waals surface area contributed by atoms with Gasteiger partial charge in [0.15, 0.2) is 11.5 Å². The second-order valence-electron chi connectivity index (χ2n) is 9.85. The third kappa shape index (κ3) is 7.73. The van der Waals surface area contributed by atoms with E-state index in [0.717, 1.165) is 0 Å². The van der Waals surface area contributed by atoms with Gasteiger partial charge in [0, 0.05) is 10.6 Å². The van der Waals surface area contributed by atoms with E-state index < -0.39 is 37.3 Å². The van der Waals surface area contributed by atoms with Crippen LogP contribution in [0.3, 0.4) is 0 Å². The van der Waals surface area contributed by atoms with Crippen molar-refractivity contribution in [2.75, 3.05) is 18.7 Å². The van der Waals surface area contributed by atoms with Gasteiger partial charge in [-0.25, -0.2) is 20.0 Å². The Balaban J connectivity index is 1.76. The van der Waals surface area contributed by atoms with Crippen molar-refractivity contribution in [3.8, 4) is 0 Å². The lowest BCUT2D eigenvalue weighted by Gasteiger charge is -2.31. The first-order valence-corrected chi connectivity index (χ1v) is 14.2. The molecule has 206 valence electrons. The lowest BCUT2D eigenvalue weighted by Crippen LogP contribution is -2.49. The highest BCUT2D eigenvalue weighted by Crippen LogP contribution is 2.40. The van der Waals surface area contributed by atoms with Crippen molar-refractivity contribution in [2.24, 2.45) is 5.92 Å². The second-order valence-corrected chi connectivity index (χ2v) is 12.5. The fraction of sp³-hybridized carbons (Fsp3) is 0.458. The number of carbonyl (C=O) groups is 2. The Bertz CT molecular complexity index is 1330. The van der Waals surface area contributed by atoms with E-state index in [1.807, 2.05) is 13.8 Å². The van der Waals surface area contributed by atoms with Crippen molar-refractivity contribution in [1.29, 1.82) is 0 Å². The van der Waals surface area contributed by atoms with Crippen LogP contribution >= 0.6 is 19.0 Å². The van der Waals surface area contributed by atoms with Crippen LogP contribution in [0.25, 0.3) is 11.2 Å². The number of carbonyl (C=O) groups excluding carboxylic acids is 2. The summed E-state index contributed by atoms with van der Waals surface area (Å²) in [5.74, 6) is -0.849. The Morgan fingerprint density at radius 3 is 2.50 bits per heavy atom. The molecule has 0 bridgehead atoms. The van der Waals surface area contributed by atoms with Crippen molar-refractivity contribution in [3.63, 3.8) is 0 Å². The van der Waals surface area contributed by atoms with E-state index in [9.17, 15) is 14.2 Å². The monoisotopic (exact) mass is 565 g/mol. The summed E-state index contributed by atoms with van der Waals surface area (Å²) in [4.78, 5) is 38.0. The maximum atomic E-state index is 14.0. The molecular weight excluding hydrogens is 533 g/mol. The van der Waals surface area contributed by atoms with Crippen molar-refractivity contribution in [2.45, 2.75) is 52.8 Å². The number of fused-ring (bicyclic) bond motifs is 1. The molecule has 2 aromatic heterocycles. The molecule has 0 unspecified atom stereocenters. The summed E-state index contributed by atoms with van der Waals surface area (Å²) >= 11 is 5.92. The summed E-state index contributed by atoms with van der Waals surface area (Å²) in [6.07, 6.45) is 2.01. The molecule has 0 saturated carbocycles. The molecule has 1 amide bonds. The highest BCUT2D eigenvalue weighted by molar-refractivity contribution is 7.60. The van der Waals surface area contributed by atoms with Gasteiger partial charge >= 0.3 is 5.97 Å². The molecular formula is C24H33ClN7O5P. The van der Waals surface area contributed by atoms with Crippen molar-refractivity contribution in [3.05, 3.63) is 47.5 Å². The zero-order chi connectivity index (χ0) is 28.1. The number of anilines is 1. The SMILES string of the molecule is CC(C)COC(=O)C(C)(C)N[P@](=O)(CO[C@H](C)Cn1cnc2c(N)ncnc21)NC(=O)c1ccc(Cl)cc1. The lowest BCUT2D eigenvalue weighted by atomic mass is 10.1. The van der Waals surface area contributed by atoms with Gasteiger partial charge in [-0.1, -0.05) is 25.4 Å². The average molecular weight is 566 g/mol. The number of amides is 1. The Morgan fingerprint density at radius 1 is 1.16 bits per heavy atom. The highest BCUT2D eigenvalue weighted by Gasteiger charge is 2.39. The van der Waals surface area contributed by atoms with E-state index in [0.29, 0.717) is 22.7 Å². The molecule has 0 saturated heterocycles. The minimum absolute atomic E-state index is 0.121. The van der Waals surface area contributed by atoms with Crippen molar-refractivity contribution in [1.82, 2.24) is 29.7 Å². The van der Waals surface area contributed by atoms with E-state index in [2.05, 4.69) is 25.1 Å². The molecule has 0 spiro atoms. The van der Waals surface area contributed by atoms with Crippen LogP contribution in [0.1, 0.15) is 45.0 Å². The first-order valence-electron chi connectivity index (χ1n) is 12.0. The fourth-order valence-electron chi connectivity index (χ4n) is 3.44. The number of nitrogens with zero attached hydrogens (tertiary/aromatic N) is 4. The zero-order valence-electron chi connectivity index (χ0n) is 22.0. The number of nitrogens with one attached hydrogen (secondary N) is 2. The smallest absolute Gasteiger partial charge is 0.326 e. The largest absolute Gasteiger partial charge is 0.464 e. The third-order valence-electron chi connectivity index (χ3n) is 5.33. The lowest BCUT2D eigenvalue weighted by molar-refractivity contribution is -0.150. The zero-order valence-corrected chi connectivity index (χ0v) is 23.6. The van der Waals surface area contributed by atoms with E-state index >= 15 is 0 Å². The molecule has 0 radical (unpaired) electrons. The molecule has 0 aliphatic carbocycles. The molecule has 0 fully saturated rings. The predicted molar refractivity (Wildman–Crippen MR) is 145 cm³/mol. The summed E-state index contributed by atoms with van der Waals surface area (Å²) in [5.41, 5.74) is 5.69. The van der Waals surface area contributed by atoms with Gasteiger partial charge in [-0.2, -0.15) is 0 Å². The van der Waals surface area contributed by atoms with Crippen molar-refractivity contribution < 1.29 is 23.6 Å². The second kappa shape index (κ2) is 12.2. The minimum atomic E-state index is -3.85. The standard InChI is InChI=1S/C24H33ClN7O5P/c1-15(2)11-36-23(34)24(4,5)31-38(35,30-22(33)17-6-8-18(25)9-7-17)14-37-16(3)10-32-13-29-19-20(26)27-12-28-21(19)32/h6-9,12-13,15-16H,10-11,14H2,1-5H3,(H2,26,27,28)(H2,30,31,33,35)/t16-,38+/m1/s1. The van der Waals surface area contributed by atoms with Crippen LogP contribution in [-0.2, 0) is 25.4 Å². The van der Waals surface area contributed by atoms with Crippen LogP contribution in [0.5, 0.6) is 0 Å². The number of esters is 1. The molecule has 2 atom stereocenters. The van der Waals surface area contributed by atoms with E-state index in [-0.39, 0.29) is 23.9 Å². The number of halogens is 1. The Labute approximate surface area is 226 Å². The molecule has 12 nitrogen and oxygen atoms in total. The molecule has 0 aliphatic heterocycles. The number of nitrogens with two attached hydrogens (primary N) is 1. The predicted octanol–water partition coefficient (Wildman–Crippen LogP) is 3.62. The van der Waals surface area contributed by atoms with Crippen LogP contribution in [0.15, 0.2) is 36.9 Å². The normalized spacial score (nSPS) is 14.3. The molecule has 4 N–H and O–H groups in total. The molecule has 1 aromatic carbocycles. The van der Waals surface area contributed by atoms with Crippen LogP contribution < -0.4 is 15.9 Å². The van der Waals surface area contributed by atoms with Gasteiger partial charge in [0.05, 0.1) is 25.6 Å². The van der Waals surface area contributed by atoms with Gasteiger partial charge in [-0.15, -0.1) is 0 Å². The van der Waals surface area contributed by atoms with Gasteiger partial charge in [0.2, 0.25) is 0 Å². The third-order valence-corrected chi connectivity index (χ3v) is 7.58. The van der Waals surface area contributed by atoms with E-state index in [4.69, 9.17) is 26.8 Å². The average Bonchev–Trinajstić information content (AvgIpc) is 3.25. The number of imidazole rings is 1. The molecule has 3 rings (SSSR count). The molecule has 3 aromatic rings. The number of rotatable bonds is 12. The van der Waals surface area contributed by atoms with E-state index in [1.54, 1.807) is 30.0 Å². The van der Waals surface area contributed by atoms with Gasteiger partial charge in [0.25, 0.3) is 13.4 Å². The van der Waals surface area contributed by atoms with Crippen LogP contribution in [-0.4, -0.2) is 56.0 Å².